The van der Waals surface area contributed by atoms with Gasteiger partial charge in [0.2, 0.25) is 0 Å². The molecule has 1 saturated heterocycles. The van der Waals surface area contributed by atoms with E-state index in [1.54, 1.807) is 5.57 Å². The van der Waals surface area contributed by atoms with Crippen LogP contribution in [0.25, 0.3) is 0 Å². The smallest absolute Gasteiger partial charge is 0.405 e. The lowest BCUT2D eigenvalue weighted by molar-refractivity contribution is -0.0251. The lowest BCUT2D eigenvalue weighted by Gasteiger charge is -2.39. The molecular weight excluding hydrogens is 211 g/mol. The van der Waals surface area contributed by atoms with Crippen molar-refractivity contribution in [1.82, 2.24) is 0 Å². The summed E-state index contributed by atoms with van der Waals surface area (Å²) < 4.78 is 12.0. The third-order valence-corrected chi connectivity index (χ3v) is 3.93. The fourth-order valence-electron chi connectivity index (χ4n) is 3.05. The van der Waals surface area contributed by atoms with Crippen LogP contribution in [0.4, 0.5) is 0 Å². The highest BCUT2D eigenvalue weighted by atomic mass is 16.6. The van der Waals surface area contributed by atoms with Gasteiger partial charge >= 0.3 is 7.12 Å². The summed E-state index contributed by atoms with van der Waals surface area (Å²) in [5.41, 5.74) is 2.86. The van der Waals surface area contributed by atoms with Crippen LogP contribution in [-0.2, 0) is 9.31 Å². The summed E-state index contributed by atoms with van der Waals surface area (Å²) in [4.78, 5) is 0. The van der Waals surface area contributed by atoms with Gasteiger partial charge in [-0.05, 0) is 65.3 Å². The van der Waals surface area contributed by atoms with Gasteiger partial charge in [-0.3, -0.25) is 0 Å². The first-order valence-electron chi connectivity index (χ1n) is 7.00. The van der Waals surface area contributed by atoms with Crippen molar-refractivity contribution in [3.05, 3.63) is 11.0 Å². The average molecular weight is 236 g/mol. The molecule has 0 spiro atoms. The minimum absolute atomic E-state index is 0.0567. The number of hydrogen-bond donors (Lipinski definition) is 0. The van der Waals surface area contributed by atoms with Crippen LogP contribution < -0.4 is 0 Å². The van der Waals surface area contributed by atoms with E-state index in [0.717, 1.165) is 6.42 Å². The van der Waals surface area contributed by atoms with E-state index in [1.807, 2.05) is 0 Å². The third kappa shape index (κ3) is 3.35. The van der Waals surface area contributed by atoms with E-state index >= 15 is 0 Å². The van der Waals surface area contributed by atoms with Crippen LogP contribution in [0.1, 0.15) is 66.2 Å². The predicted octanol–water partition coefficient (Wildman–Crippen LogP) is 3.90. The Kier molecular flexibility index (Phi) is 3.99. The van der Waals surface area contributed by atoms with Crippen LogP contribution in [0, 0.1) is 0 Å². The van der Waals surface area contributed by atoms with Gasteiger partial charge in [-0.2, -0.15) is 0 Å². The van der Waals surface area contributed by atoms with Gasteiger partial charge in [0.25, 0.3) is 0 Å². The standard InChI is InChI=1S/C14H25BO2/c1-11-10-14(3,4)17-15(16-11)12(2)13-8-6-5-7-9-13/h11H,5-10H2,1-4H3/t11-/m1/s1. The molecule has 0 radical (unpaired) electrons. The molecule has 0 unspecified atom stereocenters. The van der Waals surface area contributed by atoms with Gasteiger partial charge in [-0.1, -0.05) is 12.0 Å². The summed E-state index contributed by atoms with van der Waals surface area (Å²) in [5.74, 6) is 0. The summed E-state index contributed by atoms with van der Waals surface area (Å²) in [6, 6.07) is 0. The maximum Gasteiger partial charge on any atom is 0.489 e. The van der Waals surface area contributed by atoms with Crippen LogP contribution in [0.3, 0.4) is 0 Å². The monoisotopic (exact) mass is 236 g/mol. The van der Waals surface area contributed by atoms with Gasteiger partial charge in [-0.25, -0.2) is 0 Å². The van der Waals surface area contributed by atoms with Crippen LogP contribution in [0.2, 0.25) is 0 Å². The van der Waals surface area contributed by atoms with Gasteiger partial charge < -0.3 is 9.31 Å². The van der Waals surface area contributed by atoms with E-state index in [9.17, 15) is 0 Å². The molecule has 1 atom stereocenters. The first-order chi connectivity index (χ1) is 7.98. The summed E-state index contributed by atoms with van der Waals surface area (Å²) in [6.45, 7) is 8.67. The van der Waals surface area contributed by atoms with E-state index in [-0.39, 0.29) is 12.7 Å². The van der Waals surface area contributed by atoms with Gasteiger partial charge in [0.1, 0.15) is 0 Å². The first-order valence-corrected chi connectivity index (χ1v) is 7.00. The van der Waals surface area contributed by atoms with Crippen molar-refractivity contribution in [1.29, 1.82) is 0 Å². The Labute approximate surface area is 106 Å². The zero-order valence-corrected chi connectivity index (χ0v) is 11.7. The molecule has 3 heteroatoms. The molecule has 0 bridgehead atoms. The molecule has 2 rings (SSSR count). The molecule has 1 aliphatic heterocycles. The molecular formula is C14H25BO2. The normalized spacial score (nSPS) is 29.3. The van der Waals surface area contributed by atoms with Gasteiger partial charge in [0.05, 0.1) is 5.60 Å². The lowest BCUT2D eigenvalue weighted by Crippen LogP contribution is -2.46. The second-order valence-electron chi connectivity index (χ2n) is 6.21. The Morgan fingerprint density at radius 2 is 1.88 bits per heavy atom. The zero-order valence-electron chi connectivity index (χ0n) is 11.7. The predicted molar refractivity (Wildman–Crippen MR) is 71.9 cm³/mol. The molecule has 0 aromatic heterocycles. The van der Waals surface area contributed by atoms with Gasteiger partial charge in [0, 0.05) is 6.10 Å². The van der Waals surface area contributed by atoms with Gasteiger partial charge in [0.15, 0.2) is 0 Å². The van der Waals surface area contributed by atoms with Crippen molar-refractivity contribution >= 4 is 7.12 Å². The Morgan fingerprint density at radius 3 is 2.47 bits per heavy atom. The molecule has 2 aliphatic rings. The Bertz CT molecular complexity index is 301. The van der Waals surface area contributed by atoms with E-state index < -0.39 is 0 Å². The van der Waals surface area contributed by atoms with Gasteiger partial charge in [-0.15, -0.1) is 0 Å². The highest BCUT2D eigenvalue weighted by Gasteiger charge is 2.38. The minimum atomic E-state index is -0.109. The Morgan fingerprint density at radius 1 is 1.24 bits per heavy atom. The SMILES string of the molecule is CC(B1O[C@H](C)CC(C)(C)O1)=C1CCCCC1. The maximum atomic E-state index is 6.08. The molecule has 1 saturated carbocycles. The van der Waals surface area contributed by atoms with E-state index in [0.29, 0.717) is 6.10 Å². The quantitative estimate of drug-likeness (QED) is 0.643. The molecule has 17 heavy (non-hydrogen) atoms. The topological polar surface area (TPSA) is 18.5 Å². The van der Waals surface area contributed by atoms with Crippen molar-refractivity contribution in [3.63, 3.8) is 0 Å². The van der Waals surface area contributed by atoms with Crippen LogP contribution in [0.15, 0.2) is 11.0 Å². The maximum absolute atomic E-state index is 6.08. The van der Waals surface area contributed by atoms with Crippen LogP contribution >= 0.6 is 0 Å². The van der Waals surface area contributed by atoms with Crippen molar-refractivity contribution in [2.75, 3.05) is 0 Å². The van der Waals surface area contributed by atoms with Crippen molar-refractivity contribution in [2.24, 2.45) is 0 Å². The largest absolute Gasteiger partial charge is 0.489 e. The molecule has 0 aromatic rings. The van der Waals surface area contributed by atoms with Crippen LogP contribution in [0.5, 0.6) is 0 Å². The molecule has 0 aromatic carbocycles. The fourth-order valence-corrected chi connectivity index (χ4v) is 3.05. The minimum Gasteiger partial charge on any atom is -0.405 e. The highest BCUT2D eigenvalue weighted by Crippen LogP contribution is 2.32. The molecule has 0 N–H and O–H groups in total. The lowest BCUT2D eigenvalue weighted by atomic mass is 9.70. The summed E-state index contributed by atoms with van der Waals surface area (Å²) in [6.07, 6.45) is 7.80. The number of hydrogen-bond acceptors (Lipinski definition) is 2. The van der Waals surface area contributed by atoms with Crippen molar-refractivity contribution in [2.45, 2.75) is 77.9 Å². The summed E-state index contributed by atoms with van der Waals surface area (Å²) in [5, 5.41) is 0. The molecule has 2 nitrogen and oxygen atoms in total. The van der Waals surface area contributed by atoms with E-state index in [2.05, 4.69) is 27.7 Å². The number of rotatable bonds is 1. The zero-order chi connectivity index (χ0) is 12.5. The van der Waals surface area contributed by atoms with E-state index in [1.165, 1.54) is 37.6 Å². The molecule has 1 heterocycles. The summed E-state index contributed by atoms with van der Waals surface area (Å²) in [7, 11) is -0.109. The third-order valence-electron chi connectivity index (χ3n) is 3.93. The first kappa shape index (κ1) is 13.2. The molecule has 0 amide bonds. The molecule has 1 aliphatic carbocycles. The molecule has 2 fully saturated rings. The average Bonchev–Trinajstić information content (AvgIpc) is 2.26. The second-order valence-corrected chi connectivity index (χ2v) is 6.21. The second kappa shape index (κ2) is 5.15. The molecule has 96 valence electrons. The van der Waals surface area contributed by atoms with Crippen LogP contribution in [-0.4, -0.2) is 18.8 Å². The number of allylic oxidation sites excluding steroid dienone is 2. The van der Waals surface area contributed by atoms with Crippen molar-refractivity contribution < 1.29 is 9.31 Å². The Balaban J connectivity index is 2.10. The van der Waals surface area contributed by atoms with Crippen molar-refractivity contribution in [3.8, 4) is 0 Å². The Hall–Kier alpha value is -0.275. The van der Waals surface area contributed by atoms with E-state index in [4.69, 9.17) is 9.31 Å². The highest BCUT2D eigenvalue weighted by molar-refractivity contribution is 6.54. The summed E-state index contributed by atoms with van der Waals surface area (Å²) >= 11 is 0. The fraction of sp³-hybridized carbons (Fsp3) is 0.857.